The molecule has 0 spiro atoms. The van der Waals surface area contributed by atoms with Crippen LogP contribution in [-0.4, -0.2) is 35.2 Å². The Hall–Kier alpha value is -4.13. The molecule has 0 aliphatic heterocycles. The van der Waals surface area contributed by atoms with Gasteiger partial charge in [-0.2, -0.15) is 0 Å². The van der Waals surface area contributed by atoms with Gasteiger partial charge in [-0.3, -0.25) is 14.9 Å². The molecule has 7 nitrogen and oxygen atoms in total. The van der Waals surface area contributed by atoms with E-state index < -0.39 is 17.6 Å². The Morgan fingerprint density at radius 3 is 2.17 bits per heavy atom. The predicted octanol–water partition coefficient (Wildman–Crippen LogP) is 5.09. The molecule has 0 atom stereocenters. The first-order valence-corrected chi connectivity index (χ1v) is 11.6. The fraction of sp³-hybridized carbons (Fsp3) is 0.250. The number of carbonyl (C=O) groups excluding carboxylic acids is 2. The van der Waals surface area contributed by atoms with Gasteiger partial charge < -0.3 is 15.2 Å². The largest absolute Gasteiger partial charge is 0.481 e. The van der Waals surface area contributed by atoms with Gasteiger partial charge in [-0.25, -0.2) is 4.79 Å². The van der Waals surface area contributed by atoms with Gasteiger partial charge in [0.1, 0.15) is 6.61 Å². The second-order valence-corrected chi connectivity index (χ2v) is 9.23. The first-order chi connectivity index (χ1) is 16.9. The van der Waals surface area contributed by atoms with E-state index >= 15 is 0 Å². The van der Waals surface area contributed by atoms with E-state index in [0.29, 0.717) is 29.7 Å². The number of rotatable bonds is 7. The zero-order chi connectivity index (χ0) is 24.6. The molecule has 3 aromatic rings. The normalized spacial score (nSPS) is 15.0. The molecule has 2 aliphatic rings. The van der Waals surface area contributed by atoms with Crippen LogP contribution in [0.5, 0.6) is 0 Å². The minimum Gasteiger partial charge on any atom is -0.481 e. The molecule has 1 saturated carbocycles. The highest BCUT2D eigenvalue weighted by Gasteiger charge is 2.46. The summed E-state index contributed by atoms with van der Waals surface area (Å²) in [6.45, 7) is 1.93. The molecule has 7 heteroatoms. The molecule has 0 bridgehead atoms. The van der Waals surface area contributed by atoms with Crippen LogP contribution in [0, 0.1) is 6.92 Å². The monoisotopic (exact) mass is 470 g/mol. The number of hydrogen-bond acceptors (Lipinski definition) is 4. The van der Waals surface area contributed by atoms with E-state index in [2.05, 4.69) is 34.9 Å². The summed E-state index contributed by atoms with van der Waals surface area (Å²) in [5.41, 5.74) is 5.34. The summed E-state index contributed by atoms with van der Waals surface area (Å²) in [4.78, 5) is 36.6. The number of nitrogens with one attached hydrogen (secondary N) is 2. The van der Waals surface area contributed by atoms with Gasteiger partial charge in [-0.05, 0) is 59.7 Å². The summed E-state index contributed by atoms with van der Waals surface area (Å²) in [5, 5.41) is 14.7. The second-order valence-electron chi connectivity index (χ2n) is 9.23. The average Bonchev–Trinajstić information content (AvgIpc) is 3.50. The molecule has 0 radical (unpaired) electrons. The molecule has 178 valence electrons. The van der Waals surface area contributed by atoms with E-state index in [4.69, 9.17) is 9.84 Å². The van der Waals surface area contributed by atoms with Crippen LogP contribution in [0.4, 0.5) is 10.5 Å². The fourth-order valence-electron chi connectivity index (χ4n) is 4.86. The molecule has 0 aromatic heterocycles. The van der Waals surface area contributed by atoms with Crippen molar-refractivity contribution >= 4 is 23.7 Å². The van der Waals surface area contributed by atoms with Gasteiger partial charge in [0.2, 0.25) is 0 Å². The third-order valence-corrected chi connectivity index (χ3v) is 6.88. The topological polar surface area (TPSA) is 105 Å². The van der Waals surface area contributed by atoms with Crippen molar-refractivity contribution in [1.82, 2.24) is 5.32 Å². The van der Waals surface area contributed by atoms with Crippen molar-refractivity contribution in [2.45, 2.75) is 37.6 Å². The van der Waals surface area contributed by atoms with Crippen molar-refractivity contribution in [1.29, 1.82) is 0 Å². The molecule has 1 fully saturated rings. The van der Waals surface area contributed by atoms with Crippen LogP contribution >= 0.6 is 0 Å². The first-order valence-electron chi connectivity index (χ1n) is 11.6. The lowest BCUT2D eigenvalue weighted by Crippen LogP contribution is -2.38. The third-order valence-electron chi connectivity index (χ3n) is 6.88. The number of hydrogen-bond donors (Lipinski definition) is 3. The number of fused-ring (bicyclic) bond motifs is 3. The minimum atomic E-state index is -0.940. The Morgan fingerprint density at radius 1 is 0.943 bits per heavy atom. The molecular weight excluding hydrogens is 444 g/mol. The molecule has 2 aliphatic carbocycles. The van der Waals surface area contributed by atoms with Crippen molar-refractivity contribution < 1.29 is 24.2 Å². The Bertz CT molecular complexity index is 1280. The maximum atomic E-state index is 12.8. The van der Waals surface area contributed by atoms with Crippen LogP contribution in [0.25, 0.3) is 11.1 Å². The molecule has 0 saturated heterocycles. The van der Waals surface area contributed by atoms with E-state index in [1.54, 1.807) is 25.1 Å². The van der Waals surface area contributed by atoms with Crippen LogP contribution in [-0.2, 0) is 9.53 Å². The van der Waals surface area contributed by atoms with E-state index in [1.165, 1.54) is 0 Å². The minimum absolute atomic E-state index is 0.0460. The summed E-state index contributed by atoms with van der Waals surface area (Å²) < 4.78 is 5.62. The number of aliphatic carboxylic acids is 1. The lowest BCUT2D eigenvalue weighted by atomic mass is 9.98. The number of anilines is 1. The molecule has 3 aromatic carbocycles. The number of ether oxygens (including phenoxy) is 1. The van der Waals surface area contributed by atoms with Crippen LogP contribution in [0.1, 0.15) is 52.2 Å². The molecule has 35 heavy (non-hydrogen) atoms. The zero-order valence-corrected chi connectivity index (χ0v) is 19.3. The van der Waals surface area contributed by atoms with E-state index in [1.807, 2.05) is 24.3 Å². The SMILES string of the molecule is Cc1c(NC(=O)OCC2c3ccccc3-c3ccccc32)cccc1C(=O)NC1(CC(=O)O)CC1. The van der Waals surface area contributed by atoms with Crippen molar-refractivity contribution in [3.05, 3.63) is 89.0 Å². The lowest BCUT2D eigenvalue weighted by Gasteiger charge is -2.18. The first kappa shape index (κ1) is 22.7. The third kappa shape index (κ3) is 4.49. The Balaban J connectivity index is 1.26. The van der Waals surface area contributed by atoms with E-state index in [9.17, 15) is 14.4 Å². The van der Waals surface area contributed by atoms with Gasteiger partial charge in [-0.15, -0.1) is 0 Å². The van der Waals surface area contributed by atoms with Crippen LogP contribution in [0.3, 0.4) is 0 Å². The maximum Gasteiger partial charge on any atom is 0.411 e. The summed E-state index contributed by atoms with van der Waals surface area (Å²) in [6.07, 6.45) is 0.580. The van der Waals surface area contributed by atoms with Gasteiger partial charge in [0.05, 0.1) is 12.0 Å². The number of amides is 2. The average molecular weight is 471 g/mol. The Kier molecular flexibility index (Phi) is 5.76. The maximum absolute atomic E-state index is 12.8. The number of benzene rings is 3. The number of carboxylic acids is 1. The van der Waals surface area contributed by atoms with Crippen molar-refractivity contribution in [2.24, 2.45) is 0 Å². The van der Waals surface area contributed by atoms with Gasteiger partial charge in [0, 0.05) is 17.2 Å². The fourth-order valence-corrected chi connectivity index (χ4v) is 4.86. The van der Waals surface area contributed by atoms with Crippen LogP contribution in [0.2, 0.25) is 0 Å². The molecule has 2 amide bonds. The lowest BCUT2D eigenvalue weighted by molar-refractivity contribution is -0.137. The van der Waals surface area contributed by atoms with Crippen LogP contribution < -0.4 is 10.6 Å². The Morgan fingerprint density at radius 2 is 1.57 bits per heavy atom. The van der Waals surface area contributed by atoms with Crippen LogP contribution in [0.15, 0.2) is 66.7 Å². The Labute approximate surface area is 203 Å². The summed E-state index contributed by atoms with van der Waals surface area (Å²) >= 11 is 0. The highest BCUT2D eigenvalue weighted by Crippen LogP contribution is 2.44. The highest BCUT2D eigenvalue weighted by atomic mass is 16.5. The molecule has 0 unspecified atom stereocenters. The summed E-state index contributed by atoms with van der Waals surface area (Å²) in [5.74, 6) is -1.34. The van der Waals surface area contributed by atoms with Crippen molar-refractivity contribution in [3.63, 3.8) is 0 Å². The second kappa shape index (κ2) is 8.91. The van der Waals surface area contributed by atoms with Gasteiger partial charge in [0.25, 0.3) is 5.91 Å². The molecule has 5 rings (SSSR count). The number of carbonyl (C=O) groups is 3. The van der Waals surface area contributed by atoms with E-state index in [-0.39, 0.29) is 24.9 Å². The van der Waals surface area contributed by atoms with E-state index in [0.717, 1.165) is 22.3 Å². The summed E-state index contributed by atoms with van der Waals surface area (Å²) in [6, 6.07) is 21.3. The standard InChI is InChI=1S/C28H26N2O5/c1-17-18(26(33)30-28(13-14-28)15-25(31)32)11-6-12-24(17)29-27(34)35-16-23-21-9-4-2-7-19(21)20-8-3-5-10-22(20)23/h2-12,23H,13-16H2,1H3,(H,29,34)(H,30,33)(H,31,32). The van der Waals surface area contributed by atoms with Crippen molar-refractivity contribution in [3.8, 4) is 11.1 Å². The van der Waals surface area contributed by atoms with Gasteiger partial charge in [0.15, 0.2) is 0 Å². The number of carboxylic acid groups (broad SMARTS) is 1. The molecule has 0 heterocycles. The van der Waals surface area contributed by atoms with Crippen molar-refractivity contribution in [2.75, 3.05) is 11.9 Å². The predicted molar refractivity (Wildman–Crippen MR) is 132 cm³/mol. The highest BCUT2D eigenvalue weighted by molar-refractivity contribution is 5.99. The smallest absolute Gasteiger partial charge is 0.411 e. The quantitative estimate of drug-likeness (QED) is 0.446. The summed E-state index contributed by atoms with van der Waals surface area (Å²) in [7, 11) is 0. The van der Waals surface area contributed by atoms with Gasteiger partial charge >= 0.3 is 12.1 Å². The molecular formula is C28H26N2O5. The zero-order valence-electron chi connectivity index (χ0n) is 19.3. The van der Waals surface area contributed by atoms with Gasteiger partial charge in [-0.1, -0.05) is 54.6 Å². The molecule has 3 N–H and O–H groups in total.